The Hall–Kier alpha value is -6.40. The first-order valence-corrected chi connectivity index (χ1v) is 24.9. The maximum atomic E-state index is 10.3. The summed E-state index contributed by atoms with van der Waals surface area (Å²) in [5, 5.41) is 10.3. The fraction of sp³-hybridized carbons (Fsp3) is 0.310. The molecule has 357 valence electrons. The van der Waals surface area contributed by atoms with Gasteiger partial charge in [0.2, 0.25) is 22.8 Å². The van der Waals surface area contributed by atoms with Crippen LogP contribution in [0.1, 0.15) is 82.1 Å². The molecule has 70 heavy (non-hydrogen) atoms. The summed E-state index contributed by atoms with van der Waals surface area (Å²) < 4.78 is 21.2. The molecule has 2 aliphatic rings. The molecule has 8 bridgehead atoms. The second-order valence-electron chi connectivity index (χ2n) is 17.5. The van der Waals surface area contributed by atoms with Crippen molar-refractivity contribution in [3.63, 3.8) is 0 Å². The summed E-state index contributed by atoms with van der Waals surface area (Å²) in [6.45, 7) is 11.8. The number of aliphatic hydroxyl groups excluding tert-OH is 1. The van der Waals surface area contributed by atoms with Crippen LogP contribution in [0.25, 0.3) is 91.4 Å². The van der Waals surface area contributed by atoms with E-state index in [9.17, 15) is 5.11 Å². The summed E-state index contributed by atoms with van der Waals surface area (Å²) >= 11 is 0. The first kappa shape index (κ1) is 50.0. The van der Waals surface area contributed by atoms with Crippen LogP contribution in [0.5, 0.6) is 0 Å². The third-order valence-electron chi connectivity index (χ3n) is 12.7. The Balaban J connectivity index is 0.00000659. The number of aromatic nitrogens is 8. The van der Waals surface area contributed by atoms with Crippen molar-refractivity contribution >= 4 is 46.4 Å². The summed E-state index contributed by atoms with van der Waals surface area (Å²) in [6.07, 6.45) is 23.2. The van der Waals surface area contributed by atoms with Gasteiger partial charge in [0.25, 0.3) is 0 Å². The summed E-state index contributed by atoms with van der Waals surface area (Å²) in [6, 6.07) is 33.6. The van der Waals surface area contributed by atoms with Crippen LogP contribution in [0.2, 0.25) is 0 Å². The molecule has 1 radical (unpaired) electrons. The number of unbranched alkanes of at least 4 members (excludes halogenated alkanes) is 3. The van der Waals surface area contributed by atoms with Crippen molar-refractivity contribution < 1.29 is 49.9 Å². The number of aliphatic hydroxyl groups is 1. The monoisotopic (exact) mass is 975 g/mol. The van der Waals surface area contributed by atoms with Gasteiger partial charge in [-0.15, -0.1) is 22.1 Å². The van der Waals surface area contributed by atoms with Crippen molar-refractivity contribution in [3.8, 4) is 45.0 Å². The zero-order valence-electron chi connectivity index (χ0n) is 40.7. The summed E-state index contributed by atoms with van der Waals surface area (Å²) in [7, 11) is 0. The molecule has 9 rings (SSSR count). The molecule has 1 N–H and O–H groups in total. The molecule has 0 atom stereocenters. The first-order valence-electron chi connectivity index (χ1n) is 24.9. The van der Waals surface area contributed by atoms with E-state index in [2.05, 4.69) is 167 Å². The average molecular weight is 976 g/mol. The minimum absolute atomic E-state index is 0. The number of pyridine rings is 4. The Morgan fingerprint density at radius 2 is 0.743 bits per heavy atom. The van der Waals surface area contributed by atoms with E-state index in [-0.39, 0.29) is 23.7 Å². The molecular formula is C58H64MnN8O3+4. The number of fused-ring (bicyclic) bond motifs is 8. The van der Waals surface area contributed by atoms with Crippen LogP contribution in [0, 0.1) is 0 Å². The zero-order chi connectivity index (χ0) is 47.4. The second-order valence-corrected chi connectivity index (χ2v) is 17.5. The minimum Gasteiger partial charge on any atom is -0.656 e. The van der Waals surface area contributed by atoms with E-state index in [1.165, 1.54) is 0 Å². The van der Waals surface area contributed by atoms with Crippen molar-refractivity contribution in [2.75, 3.05) is 33.0 Å². The fourth-order valence-corrected chi connectivity index (χ4v) is 9.19. The van der Waals surface area contributed by atoms with Crippen molar-refractivity contribution in [1.29, 1.82) is 0 Å². The van der Waals surface area contributed by atoms with Crippen LogP contribution in [0.4, 0.5) is 0 Å². The molecule has 0 spiro atoms. The zero-order valence-corrected chi connectivity index (χ0v) is 41.9. The number of hydrogen-bond donors (Lipinski definition) is 1. The van der Waals surface area contributed by atoms with Gasteiger partial charge in [0.1, 0.15) is 26.4 Å². The molecule has 0 aliphatic carbocycles. The molecule has 2 aliphatic heterocycles. The van der Waals surface area contributed by atoms with Gasteiger partial charge in [-0.3, -0.25) is 0 Å². The van der Waals surface area contributed by atoms with E-state index < -0.39 is 0 Å². The van der Waals surface area contributed by atoms with E-state index in [0.29, 0.717) is 32.8 Å². The third-order valence-corrected chi connectivity index (χ3v) is 12.7. The predicted octanol–water partition coefficient (Wildman–Crippen LogP) is 9.16. The smallest absolute Gasteiger partial charge is 0.656 e. The van der Waals surface area contributed by atoms with Gasteiger partial charge in [0.15, 0.2) is 44.4 Å². The van der Waals surface area contributed by atoms with E-state index >= 15 is 0 Å². The number of nitrogens with zero attached hydrogens (tertiary/aromatic N) is 8. The fourth-order valence-electron chi connectivity index (χ4n) is 9.19. The molecular weight excluding hydrogens is 912 g/mol. The topological polar surface area (TPSA) is 108 Å². The summed E-state index contributed by atoms with van der Waals surface area (Å²) in [5.74, 6) is 0. The van der Waals surface area contributed by atoms with E-state index in [0.717, 1.165) is 148 Å². The van der Waals surface area contributed by atoms with Gasteiger partial charge >= 0.3 is 17.1 Å². The molecule has 0 aromatic carbocycles. The number of rotatable bonds is 21. The number of ether oxygens (including phenoxy) is 2. The van der Waals surface area contributed by atoms with Crippen molar-refractivity contribution in [2.24, 2.45) is 0 Å². The normalized spacial score (nSPS) is 11.9. The Morgan fingerprint density at radius 1 is 0.414 bits per heavy atom. The van der Waals surface area contributed by atoms with Crippen LogP contribution in [-0.2, 0) is 52.7 Å². The van der Waals surface area contributed by atoms with E-state index in [1.54, 1.807) is 0 Å². The Morgan fingerprint density at radius 3 is 1.07 bits per heavy atom. The van der Waals surface area contributed by atoms with E-state index in [1.807, 2.05) is 18.3 Å². The van der Waals surface area contributed by atoms with Gasteiger partial charge in [-0.2, -0.15) is 18.3 Å². The molecule has 12 heteroatoms. The minimum atomic E-state index is -0.0170. The Kier molecular flexibility index (Phi) is 17.5. The van der Waals surface area contributed by atoms with Gasteiger partial charge in [0, 0.05) is 68.2 Å². The summed E-state index contributed by atoms with van der Waals surface area (Å²) in [4.78, 5) is 22.3. The standard InChI is InChI=1S/C58H64N8O3.Mn/c1-4-7-30-63-31-14-10-18-51(63)55-43-22-24-45(59-43)56(52-19-11-15-32-64(52)35-38-67)46-25-27-48(61-46)58(54-21-13-17-34-66(54)37-42-69-40-9-6-3)50-29-28-49(62-50)57(47-26-23-44(55)60-47)53-20-12-16-33-65(53)36-41-68-39-8-5-2;/h10-29,31-34,67H,4-9,30,35-42H2,1-3H3;/q2*+2. The van der Waals surface area contributed by atoms with Gasteiger partial charge in [-0.1, -0.05) is 64.3 Å². The SMILES string of the molecule is CCCCOCC[n+]1ccccc1-c1c2nc(c(-c3cccc[n+]3CCOCCCC)c3ccc([n-]3)c(-c3cccc[n+]3CCCC)c3nc(c(-c4cccc[n+]4CCO)c4ccc1[n-]4)C=C3)C=C2.[Mn+2]. The van der Waals surface area contributed by atoms with Gasteiger partial charge in [0.05, 0.1) is 45.0 Å². The first-order chi connectivity index (χ1) is 34.1. The van der Waals surface area contributed by atoms with Crippen LogP contribution < -0.4 is 28.2 Å². The molecule has 0 unspecified atom stereocenters. The Labute approximate surface area is 422 Å². The molecule has 0 saturated heterocycles. The van der Waals surface area contributed by atoms with Crippen LogP contribution in [0.15, 0.2) is 122 Å². The van der Waals surface area contributed by atoms with E-state index in [4.69, 9.17) is 29.4 Å². The van der Waals surface area contributed by atoms with Crippen LogP contribution in [-0.4, -0.2) is 48.1 Å². The molecule has 11 nitrogen and oxygen atoms in total. The largest absolute Gasteiger partial charge is 2.00 e. The molecule has 7 aromatic rings. The van der Waals surface area contributed by atoms with Crippen molar-refractivity contribution in [2.45, 2.75) is 85.5 Å². The van der Waals surface area contributed by atoms with Gasteiger partial charge in [-0.25, -0.2) is 9.97 Å². The third kappa shape index (κ3) is 11.1. The van der Waals surface area contributed by atoms with Crippen molar-refractivity contribution in [1.82, 2.24) is 19.9 Å². The molecule has 7 aromatic heterocycles. The second kappa shape index (κ2) is 24.4. The van der Waals surface area contributed by atoms with Crippen LogP contribution in [0.3, 0.4) is 0 Å². The molecule has 0 saturated carbocycles. The maximum Gasteiger partial charge on any atom is 2.00 e. The maximum absolute atomic E-state index is 10.3. The average Bonchev–Trinajstić information content (AvgIpc) is 4.24. The predicted molar refractivity (Wildman–Crippen MR) is 273 cm³/mol. The van der Waals surface area contributed by atoms with Gasteiger partial charge < -0.3 is 24.5 Å². The molecule has 0 amide bonds. The Bertz CT molecular complexity index is 3140. The number of aryl methyl sites for hydroxylation is 1. The quantitative estimate of drug-likeness (QED) is 0.0435. The van der Waals surface area contributed by atoms with Crippen molar-refractivity contribution in [3.05, 3.63) is 145 Å². The summed E-state index contributed by atoms with van der Waals surface area (Å²) in [5.41, 5.74) is 13.9. The molecule has 9 heterocycles. The van der Waals surface area contributed by atoms with Gasteiger partial charge in [-0.05, 0) is 61.4 Å². The molecule has 0 fully saturated rings. The number of hydrogen-bond acceptors (Lipinski definition) is 5. The van der Waals surface area contributed by atoms with Crippen LogP contribution >= 0.6 is 0 Å².